The van der Waals surface area contributed by atoms with Crippen molar-refractivity contribution in [2.45, 2.75) is 13.3 Å². The van der Waals surface area contributed by atoms with Crippen molar-refractivity contribution in [1.82, 2.24) is 5.32 Å². The molecule has 0 saturated heterocycles. The Bertz CT molecular complexity index is 97.4. The van der Waals surface area contributed by atoms with Gasteiger partial charge in [-0.15, -0.1) is 0 Å². The molecular formula is C8H16IN. The highest BCUT2D eigenvalue weighted by molar-refractivity contribution is 14.1. The highest BCUT2D eigenvalue weighted by Crippen LogP contribution is 2.14. The normalized spacial score (nSPS) is 13.1. The molecule has 0 radical (unpaired) electrons. The zero-order valence-electron chi connectivity index (χ0n) is 6.78. The summed E-state index contributed by atoms with van der Waals surface area (Å²) in [6.45, 7) is 7.19. The van der Waals surface area contributed by atoms with Crippen LogP contribution >= 0.6 is 22.6 Å². The average molecular weight is 253 g/mol. The van der Waals surface area contributed by atoms with E-state index in [1.165, 1.54) is 16.4 Å². The Balaban J connectivity index is 3.65. The van der Waals surface area contributed by atoms with Gasteiger partial charge in [-0.25, -0.2) is 0 Å². The number of halogens is 1. The van der Waals surface area contributed by atoms with Gasteiger partial charge in [-0.2, -0.15) is 0 Å². The number of hydrogen-bond donors (Lipinski definition) is 1. The van der Waals surface area contributed by atoms with Gasteiger partial charge in [0, 0.05) is 11.0 Å². The van der Waals surface area contributed by atoms with Gasteiger partial charge in [-0.1, -0.05) is 41.7 Å². The molecule has 10 heavy (non-hydrogen) atoms. The SMILES string of the molecule is C=C(CNC)C(CC)CI. The molecule has 1 nitrogen and oxygen atoms in total. The van der Waals surface area contributed by atoms with Crippen LogP contribution in [0.15, 0.2) is 12.2 Å². The Morgan fingerprint density at radius 2 is 2.30 bits per heavy atom. The van der Waals surface area contributed by atoms with Crippen molar-refractivity contribution in [3.63, 3.8) is 0 Å². The molecule has 0 aliphatic heterocycles. The zero-order chi connectivity index (χ0) is 7.98. The minimum absolute atomic E-state index is 0.702. The second-order valence-corrected chi connectivity index (χ2v) is 3.33. The summed E-state index contributed by atoms with van der Waals surface area (Å²) in [4.78, 5) is 0. The van der Waals surface area contributed by atoms with Crippen LogP contribution in [0.1, 0.15) is 13.3 Å². The molecule has 60 valence electrons. The van der Waals surface area contributed by atoms with Crippen LogP contribution in [-0.4, -0.2) is 18.0 Å². The lowest BCUT2D eigenvalue weighted by Gasteiger charge is -2.13. The lowest BCUT2D eigenvalue weighted by Crippen LogP contribution is -2.16. The van der Waals surface area contributed by atoms with Gasteiger partial charge in [-0.05, 0) is 19.4 Å². The Labute approximate surface area is 77.4 Å². The minimum atomic E-state index is 0.702. The van der Waals surface area contributed by atoms with Crippen LogP contribution in [0.2, 0.25) is 0 Å². The Kier molecular flexibility index (Phi) is 6.43. The lowest BCUT2D eigenvalue weighted by molar-refractivity contribution is 0.643. The summed E-state index contributed by atoms with van der Waals surface area (Å²) in [5, 5.41) is 3.11. The molecule has 1 N–H and O–H groups in total. The van der Waals surface area contributed by atoms with Crippen LogP contribution in [0.4, 0.5) is 0 Å². The summed E-state index contributed by atoms with van der Waals surface area (Å²) in [6.07, 6.45) is 1.21. The fourth-order valence-corrected chi connectivity index (χ4v) is 2.12. The summed E-state index contributed by atoms with van der Waals surface area (Å²) in [6, 6.07) is 0. The number of rotatable bonds is 5. The smallest absolute Gasteiger partial charge is 0.0161 e. The van der Waals surface area contributed by atoms with Crippen LogP contribution in [0.25, 0.3) is 0 Å². The van der Waals surface area contributed by atoms with Gasteiger partial charge in [0.25, 0.3) is 0 Å². The molecule has 0 fully saturated rings. The fraction of sp³-hybridized carbons (Fsp3) is 0.750. The van der Waals surface area contributed by atoms with Gasteiger partial charge in [0.05, 0.1) is 0 Å². The molecule has 2 heteroatoms. The van der Waals surface area contributed by atoms with E-state index in [1.807, 2.05) is 7.05 Å². The van der Waals surface area contributed by atoms with Crippen molar-refractivity contribution in [1.29, 1.82) is 0 Å². The molecule has 0 aromatic heterocycles. The number of nitrogens with one attached hydrogen (secondary N) is 1. The van der Waals surface area contributed by atoms with Gasteiger partial charge >= 0.3 is 0 Å². The van der Waals surface area contributed by atoms with E-state index >= 15 is 0 Å². The summed E-state index contributed by atoms with van der Waals surface area (Å²) in [7, 11) is 1.96. The molecule has 0 heterocycles. The van der Waals surface area contributed by atoms with Gasteiger partial charge in [0.15, 0.2) is 0 Å². The average Bonchev–Trinajstić information content (AvgIpc) is 1.91. The topological polar surface area (TPSA) is 12.0 Å². The van der Waals surface area contributed by atoms with Crippen molar-refractivity contribution < 1.29 is 0 Å². The monoisotopic (exact) mass is 253 g/mol. The van der Waals surface area contributed by atoms with Gasteiger partial charge in [-0.3, -0.25) is 0 Å². The highest BCUT2D eigenvalue weighted by Gasteiger charge is 2.06. The molecule has 0 spiro atoms. The van der Waals surface area contributed by atoms with Crippen LogP contribution in [0, 0.1) is 5.92 Å². The van der Waals surface area contributed by atoms with Crippen molar-refractivity contribution in [3.8, 4) is 0 Å². The highest BCUT2D eigenvalue weighted by atomic mass is 127. The quantitative estimate of drug-likeness (QED) is 0.450. The Hall–Kier alpha value is 0.430. The summed E-state index contributed by atoms with van der Waals surface area (Å²) in [5.74, 6) is 0.702. The van der Waals surface area contributed by atoms with Crippen LogP contribution in [0.3, 0.4) is 0 Å². The van der Waals surface area contributed by atoms with Crippen LogP contribution in [0.5, 0.6) is 0 Å². The first kappa shape index (κ1) is 10.4. The van der Waals surface area contributed by atoms with Crippen molar-refractivity contribution in [3.05, 3.63) is 12.2 Å². The van der Waals surface area contributed by atoms with Crippen LogP contribution in [-0.2, 0) is 0 Å². The van der Waals surface area contributed by atoms with E-state index in [4.69, 9.17) is 0 Å². The lowest BCUT2D eigenvalue weighted by atomic mass is 10.0. The first-order valence-electron chi connectivity index (χ1n) is 3.64. The third-order valence-corrected chi connectivity index (χ3v) is 2.72. The van der Waals surface area contributed by atoms with Crippen LogP contribution < -0.4 is 5.32 Å². The first-order chi connectivity index (χ1) is 4.76. The van der Waals surface area contributed by atoms with E-state index in [2.05, 4.69) is 41.4 Å². The second kappa shape index (κ2) is 6.16. The predicted octanol–water partition coefficient (Wildman–Crippen LogP) is 2.22. The Morgan fingerprint density at radius 1 is 1.70 bits per heavy atom. The van der Waals surface area contributed by atoms with E-state index in [-0.39, 0.29) is 0 Å². The maximum atomic E-state index is 4.02. The molecule has 0 saturated carbocycles. The van der Waals surface area contributed by atoms with Gasteiger partial charge in [0.2, 0.25) is 0 Å². The summed E-state index contributed by atoms with van der Waals surface area (Å²) in [5.41, 5.74) is 1.33. The summed E-state index contributed by atoms with van der Waals surface area (Å²) >= 11 is 2.42. The van der Waals surface area contributed by atoms with Gasteiger partial charge in [0.1, 0.15) is 0 Å². The summed E-state index contributed by atoms with van der Waals surface area (Å²) < 4.78 is 1.19. The molecule has 0 rings (SSSR count). The van der Waals surface area contributed by atoms with Crippen molar-refractivity contribution in [2.75, 3.05) is 18.0 Å². The zero-order valence-corrected chi connectivity index (χ0v) is 8.94. The van der Waals surface area contributed by atoms with Gasteiger partial charge < -0.3 is 5.32 Å². The number of likely N-dealkylation sites (N-methyl/N-ethyl adjacent to an activating group) is 1. The first-order valence-corrected chi connectivity index (χ1v) is 5.17. The number of alkyl halides is 1. The molecule has 0 aliphatic carbocycles. The molecule has 0 bridgehead atoms. The molecule has 1 atom stereocenters. The third-order valence-electron chi connectivity index (χ3n) is 1.66. The van der Waals surface area contributed by atoms with E-state index in [9.17, 15) is 0 Å². The second-order valence-electron chi connectivity index (χ2n) is 2.45. The maximum Gasteiger partial charge on any atom is 0.0161 e. The molecule has 1 unspecified atom stereocenters. The third kappa shape index (κ3) is 3.56. The van der Waals surface area contributed by atoms with E-state index < -0.39 is 0 Å². The minimum Gasteiger partial charge on any atom is -0.316 e. The van der Waals surface area contributed by atoms with E-state index in [0.29, 0.717) is 5.92 Å². The standard InChI is InChI=1S/C8H16IN/c1-4-8(5-9)7(2)6-10-3/h8,10H,2,4-6H2,1,3H3. The van der Waals surface area contributed by atoms with Crippen molar-refractivity contribution in [2.24, 2.45) is 5.92 Å². The largest absolute Gasteiger partial charge is 0.316 e. The van der Waals surface area contributed by atoms with Crippen molar-refractivity contribution >= 4 is 22.6 Å². The van der Waals surface area contributed by atoms with E-state index in [1.54, 1.807) is 0 Å². The van der Waals surface area contributed by atoms with E-state index in [0.717, 1.165) is 6.54 Å². The Morgan fingerprint density at radius 3 is 2.60 bits per heavy atom. The molecule has 0 amide bonds. The number of hydrogen-bond acceptors (Lipinski definition) is 1. The fourth-order valence-electron chi connectivity index (χ4n) is 0.878. The molecular weight excluding hydrogens is 237 g/mol. The molecule has 0 aromatic rings. The molecule has 0 aromatic carbocycles. The molecule has 0 aliphatic rings. The predicted molar refractivity (Wildman–Crippen MR) is 55.7 cm³/mol. The maximum absolute atomic E-state index is 4.02.